The number of benzene rings is 3. The van der Waals surface area contributed by atoms with Crippen molar-refractivity contribution in [3.63, 3.8) is 0 Å². The lowest BCUT2D eigenvalue weighted by molar-refractivity contribution is -0.137. The molecule has 3 aromatic carbocycles. The number of halogens is 3. The van der Waals surface area contributed by atoms with Gasteiger partial charge in [0.05, 0.1) is 6.42 Å². The fourth-order valence-corrected chi connectivity index (χ4v) is 4.50. The Kier molecular flexibility index (Phi) is 11.1. The van der Waals surface area contributed by atoms with Crippen molar-refractivity contribution in [3.8, 4) is 28.3 Å². The van der Waals surface area contributed by atoms with Gasteiger partial charge in [0, 0.05) is 42.0 Å². The zero-order valence-corrected chi connectivity index (χ0v) is 25.9. The summed E-state index contributed by atoms with van der Waals surface area (Å²) in [5.41, 5.74) is 4.05. The maximum atomic E-state index is 13.1. The number of carboxylic acids is 1. The fourth-order valence-electron chi connectivity index (χ4n) is 4.50. The molecule has 4 aromatic rings. The Bertz CT molecular complexity index is 1730. The number of amides is 2. The first-order valence-corrected chi connectivity index (χ1v) is 14.6. The molecule has 0 radical (unpaired) electrons. The second kappa shape index (κ2) is 15.2. The lowest BCUT2D eigenvalue weighted by atomic mass is 9.86. The van der Waals surface area contributed by atoms with Gasteiger partial charge in [0.2, 0.25) is 5.91 Å². The molecule has 1 atom stereocenters. The number of carboxylic acid groups (broad SMARTS) is 1. The normalized spacial score (nSPS) is 11.7. The first-order valence-electron chi connectivity index (χ1n) is 14.6. The zero-order chi connectivity index (χ0) is 34.1. The first-order chi connectivity index (χ1) is 22.3. The molecule has 0 fully saturated rings. The standard InChI is InChI=1S/C35H33F3N4O5/c1-35(2,3)26-12-8-24(9-13-26)33(45)42-28(34(46)39-17-16-29(43)44)18-21-4-6-23(7-5-21)32-40-19-25(20-41-32)22-10-14-27(15-11-22)47-31(38)30(36)37/h4-15,19-20,28H,16-18H2,1-3H3,(H,39,46)(H,42,45)(H,43,44). The molecule has 244 valence electrons. The molecule has 3 N–H and O–H groups in total. The van der Waals surface area contributed by atoms with Gasteiger partial charge in [-0.15, -0.1) is 0 Å². The van der Waals surface area contributed by atoms with E-state index in [4.69, 9.17) is 5.11 Å². The van der Waals surface area contributed by atoms with Crippen LogP contribution >= 0.6 is 0 Å². The molecule has 0 saturated carbocycles. The van der Waals surface area contributed by atoms with Crippen molar-refractivity contribution in [2.45, 2.75) is 45.1 Å². The summed E-state index contributed by atoms with van der Waals surface area (Å²) >= 11 is 0. The molecule has 0 bridgehead atoms. The van der Waals surface area contributed by atoms with E-state index in [2.05, 4.69) is 46.1 Å². The third-order valence-electron chi connectivity index (χ3n) is 7.12. The van der Waals surface area contributed by atoms with Gasteiger partial charge in [-0.05, 0) is 46.4 Å². The van der Waals surface area contributed by atoms with Gasteiger partial charge in [-0.1, -0.05) is 69.3 Å². The summed E-state index contributed by atoms with van der Waals surface area (Å²) in [7, 11) is 0. The van der Waals surface area contributed by atoms with E-state index in [-0.39, 0.29) is 30.6 Å². The van der Waals surface area contributed by atoms with Crippen molar-refractivity contribution in [2.24, 2.45) is 0 Å². The van der Waals surface area contributed by atoms with Gasteiger partial charge in [0.15, 0.2) is 5.82 Å². The van der Waals surface area contributed by atoms with E-state index < -0.39 is 35.9 Å². The maximum absolute atomic E-state index is 13.1. The van der Waals surface area contributed by atoms with Gasteiger partial charge >= 0.3 is 18.1 Å². The number of aliphatic carboxylic acids is 1. The number of carbonyl (C=O) groups excluding carboxylic acids is 2. The van der Waals surface area contributed by atoms with Crippen molar-refractivity contribution in [1.82, 2.24) is 20.6 Å². The van der Waals surface area contributed by atoms with Crippen LogP contribution in [0.25, 0.3) is 22.5 Å². The predicted octanol–water partition coefficient (Wildman–Crippen LogP) is 6.45. The molecule has 9 nitrogen and oxygen atoms in total. The van der Waals surface area contributed by atoms with Crippen LogP contribution in [0, 0.1) is 0 Å². The molecule has 0 aliphatic heterocycles. The summed E-state index contributed by atoms with van der Waals surface area (Å²) in [5, 5.41) is 14.3. The lowest BCUT2D eigenvalue weighted by Gasteiger charge is -2.20. The fraction of sp³-hybridized carbons (Fsp3) is 0.229. The number of nitrogens with one attached hydrogen (secondary N) is 2. The average molecular weight is 647 g/mol. The quantitative estimate of drug-likeness (QED) is 0.151. The van der Waals surface area contributed by atoms with Crippen molar-refractivity contribution < 1.29 is 37.4 Å². The summed E-state index contributed by atoms with van der Waals surface area (Å²) in [4.78, 5) is 45.8. The highest BCUT2D eigenvalue weighted by molar-refractivity contribution is 5.97. The van der Waals surface area contributed by atoms with Gasteiger partial charge in [0.1, 0.15) is 11.8 Å². The van der Waals surface area contributed by atoms with Gasteiger partial charge in [-0.2, -0.15) is 13.2 Å². The van der Waals surface area contributed by atoms with Crippen LogP contribution in [0.5, 0.6) is 5.75 Å². The van der Waals surface area contributed by atoms with E-state index in [1.807, 2.05) is 12.1 Å². The molecular formula is C35H33F3N4O5. The Balaban J connectivity index is 1.45. The van der Waals surface area contributed by atoms with Crippen LogP contribution in [-0.2, 0) is 21.4 Å². The summed E-state index contributed by atoms with van der Waals surface area (Å²) in [6.45, 7) is 6.11. The number of aromatic nitrogens is 2. The van der Waals surface area contributed by atoms with Crippen LogP contribution in [-0.4, -0.2) is 45.4 Å². The Morgan fingerprint density at radius 2 is 1.43 bits per heavy atom. The molecule has 0 spiro atoms. The van der Waals surface area contributed by atoms with Gasteiger partial charge in [-0.25, -0.2) is 9.97 Å². The third kappa shape index (κ3) is 9.73. The Labute approximate surface area is 269 Å². The van der Waals surface area contributed by atoms with Gasteiger partial charge in [0.25, 0.3) is 5.91 Å². The van der Waals surface area contributed by atoms with E-state index in [0.29, 0.717) is 28.1 Å². The van der Waals surface area contributed by atoms with Crippen molar-refractivity contribution >= 4 is 17.8 Å². The molecule has 47 heavy (non-hydrogen) atoms. The van der Waals surface area contributed by atoms with E-state index in [0.717, 1.165) is 11.1 Å². The van der Waals surface area contributed by atoms with Crippen molar-refractivity contribution in [1.29, 1.82) is 0 Å². The second-order valence-corrected chi connectivity index (χ2v) is 11.6. The topological polar surface area (TPSA) is 131 Å². The minimum absolute atomic E-state index is 0.0833. The van der Waals surface area contributed by atoms with Crippen LogP contribution < -0.4 is 15.4 Å². The van der Waals surface area contributed by atoms with Crippen LogP contribution in [0.4, 0.5) is 13.2 Å². The summed E-state index contributed by atoms with van der Waals surface area (Å²) < 4.78 is 42.0. The lowest BCUT2D eigenvalue weighted by Crippen LogP contribution is -2.48. The molecule has 4 rings (SSSR count). The third-order valence-corrected chi connectivity index (χ3v) is 7.12. The average Bonchev–Trinajstić information content (AvgIpc) is 3.04. The van der Waals surface area contributed by atoms with Crippen molar-refractivity contribution in [3.05, 3.63) is 114 Å². The highest BCUT2D eigenvalue weighted by atomic mass is 19.3. The Hall–Kier alpha value is -5.52. The molecule has 12 heteroatoms. The zero-order valence-electron chi connectivity index (χ0n) is 25.9. The SMILES string of the molecule is CC(C)(C)c1ccc(C(=O)NC(Cc2ccc(-c3ncc(-c4ccc(OC(F)=C(F)F)cc4)cn3)cc2)C(=O)NCCC(=O)O)cc1. The molecule has 1 aromatic heterocycles. The number of hydrogen-bond donors (Lipinski definition) is 3. The number of ether oxygens (including phenoxy) is 1. The molecule has 1 heterocycles. The monoisotopic (exact) mass is 646 g/mol. The minimum Gasteiger partial charge on any atom is -0.481 e. The Morgan fingerprint density at radius 3 is 1.98 bits per heavy atom. The smallest absolute Gasteiger partial charge is 0.344 e. The molecular weight excluding hydrogens is 613 g/mol. The van der Waals surface area contributed by atoms with E-state index in [1.165, 1.54) is 12.1 Å². The molecule has 0 aliphatic rings. The molecule has 1 unspecified atom stereocenters. The highest BCUT2D eigenvalue weighted by Gasteiger charge is 2.23. The number of carbonyl (C=O) groups is 3. The maximum Gasteiger partial charge on any atom is 0.344 e. The van der Waals surface area contributed by atoms with E-state index in [9.17, 15) is 27.6 Å². The van der Waals surface area contributed by atoms with Gasteiger partial charge in [-0.3, -0.25) is 14.4 Å². The summed E-state index contributed by atoms with van der Waals surface area (Å²) in [6, 6.07) is 17.1. The first kappa shape index (κ1) is 34.4. The summed E-state index contributed by atoms with van der Waals surface area (Å²) in [6.07, 6.45) is 0.493. The number of hydrogen-bond acceptors (Lipinski definition) is 6. The largest absolute Gasteiger partial charge is 0.481 e. The van der Waals surface area contributed by atoms with Crippen LogP contribution in [0.2, 0.25) is 0 Å². The predicted molar refractivity (Wildman–Crippen MR) is 169 cm³/mol. The summed E-state index contributed by atoms with van der Waals surface area (Å²) in [5.74, 6) is -1.68. The van der Waals surface area contributed by atoms with Crippen LogP contribution in [0.15, 0.2) is 97.3 Å². The molecule has 0 aliphatic carbocycles. The number of rotatable bonds is 12. The van der Waals surface area contributed by atoms with E-state index >= 15 is 0 Å². The van der Waals surface area contributed by atoms with Gasteiger partial charge < -0.3 is 20.5 Å². The molecule has 2 amide bonds. The van der Waals surface area contributed by atoms with Crippen molar-refractivity contribution in [2.75, 3.05) is 6.54 Å². The van der Waals surface area contributed by atoms with Crippen LogP contribution in [0.1, 0.15) is 48.7 Å². The van der Waals surface area contributed by atoms with Crippen LogP contribution in [0.3, 0.4) is 0 Å². The Morgan fingerprint density at radius 1 is 0.830 bits per heavy atom. The number of nitrogens with zero attached hydrogens (tertiary/aromatic N) is 2. The van der Waals surface area contributed by atoms with E-state index in [1.54, 1.807) is 60.9 Å². The molecule has 0 saturated heterocycles. The highest BCUT2D eigenvalue weighted by Crippen LogP contribution is 2.26. The minimum atomic E-state index is -2.55. The second-order valence-electron chi connectivity index (χ2n) is 11.6.